The summed E-state index contributed by atoms with van der Waals surface area (Å²) in [6, 6.07) is 7.47. The molecule has 104 valence electrons. The third kappa shape index (κ3) is 5.87. The summed E-state index contributed by atoms with van der Waals surface area (Å²) in [5.41, 5.74) is 12.3. The van der Waals surface area contributed by atoms with Crippen LogP contribution in [0.3, 0.4) is 0 Å². The number of primary amides is 1. The van der Waals surface area contributed by atoms with Crippen molar-refractivity contribution in [2.75, 3.05) is 6.54 Å². The molecule has 1 amide bonds. The molecule has 0 radical (unpaired) electrons. The highest BCUT2D eigenvalue weighted by molar-refractivity contribution is 5.97. The van der Waals surface area contributed by atoms with Crippen molar-refractivity contribution in [3.05, 3.63) is 35.4 Å². The molecule has 0 bridgehead atoms. The monoisotopic (exact) mass is 264 g/mol. The van der Waals surface area contributed by atoms with Crippen LogP contribution in [0.2, 0.25) is 0 Å². The number of hydrogen-bond acceptors (Lipinski definition) is 4. The number of oxime groups is 1. The van der Waals surface area contributed by atoms with E-state index in [-0.39, 0.29) is 11.7 Å². The van der Waals surface area contributed by atoms with Crippen molar-refractivity contribution in [3.63, 3.8) is 0 Å². The second kappa shape index (κ2) is 8.10. The smallest absolute Gasteiger partial charge is 0.217 e. The topological polar surface area (TPSA) is 114 Å². The van der Waals surface area contributed by atoms with Crippen LogP contribution < -0.4 is 16.8 Å². The van der Waals surface area contributed by atoms with Crippen LogP contribution >= 0.6 is 0 Å². The molecular weight excluding hydrogens is 244 g/mol. The van der Waals surface area contributed by atoms with Crippen LogP contribution in [-0.4, -0.2) is 23.5 Å². The van der Waals surface area contributed by atoms with Gasteiger partial charge in [0.1, 0.15) is 0 Å². The highest BCUT2D eigenvalue weighted by Crippen LogP contribution is 2.05. The zero-order valence-electron chi connectivity index (χ0n) is 10.8. The predicted octanol–water partition coefficient (Wildman–Crippen LogP) is 0.526. The van der Waals surface area contributed by atoms with Crippen molar-refractivity contribution < 1.29 is 10.0 Å². The van der Waals surface area contributed by atoms with Crippen LogP contribution in [0.15, 0.2) is 29.4 Å². The van der Waals surface area contributed by atoms with E-state index in [2.05, 4.69) is 10.5 Å². The first-order valence-corrected chi connectivity index (χ1v) is 6.19. The number of nitrogens with two attached hydrogens (primary N) is 2. The van der Waals surface area contributed by atoms with Gasteiger partial charge in [0.15, 0.2) is 5.84 Å². The van der Waals surface area contributed by atoms with Crippen molar-refractivity contribution in [2.24, 2.45) is 16.6 Å². The molecule has 6 N–H and O–H groups in total. The molecule has 19 heavy (non-hydrogen) atoms. The average Bonchev–Trinajstić information content (AvgIpc) is 2.41. The van der Waals surface area contributed by atoms with Crippen molar-refractivity contribution in [1.82, 2.24) is 5.32 Å². The number of unbranched alkanes of at least 4 members (excludes halogenated alkanes) is 1. The Morgan fingerprint density at radius 1 is 1.32 bits per heavy atom. The standard InChI is InChI=1S/C13H20N4O2/c14-12(18)6-1-2-7-16-9-10-4-3-5-11(8-10)13(15)17-19/h3-5,8,16,19H,1-2,6-7,9H2,(H2,14,18)(H2,15,17). The van der Waals surface area contributed by atoms with Gasteiger partial charge in [0, 0.05) is 18.5 Å². The lowest BCUT2D eigenvalue weighted by Crippen LogP contribution is -2.17. The van der Waals surface area contributed by atoms with Crippen molar-refractivity contribution in [1.29, 1.82) is 0 Å². The first kappa shape index (κ1) is 15.0. The first-order chi connectivity index (χ1) is 9.13. The van der Waals surface area contributed by atoms with Crippen LogP contribution in [0.4, 0.5) is 0 Å². The highest BCUT2D eigenvalue weighted by Gasteiger charge is 2.00. The highest BCUT2D eigenvalue weighted by atomic mass is 16.4. The molecule has 1 rings (SSSR count). The summed E-state index contributed by atoms with van der Waals surface area (Å²) in [5, 5.41) is 14.8. The Bertz CT molecular complexity index is 446. The van der Waals surface area contributed by atoms with E-state index in [1.54, 1.807) is 6.07 Å². The summed E-state index contributed by atoms with van der Waals surface area (Å²) in [4.78, 5) is 10.5. The van der Waals surface area contributed by atoms with Crippen molar-refractivity contribution in [3.8, 4) is 0 Å². The second-order valence-corrected chi connectivity index (χ2v) is 4.29. The van der Waals surface area contributed by atoms with Gasteiger partial charge in [-0.1, -0.05) is 23.4 Å². The van der Waals surface area contributed by atoms with Gasteiger partial charge >= 0.3 is 0 Å². The molecule has 0 spiro atoms. The lowest BCUT2D eigenvalue weighted by atomic mass is 10.1. The summed E-state index contributed by atoms with van der Waals surface area (Å²) >= 11 is 0. The number of benzene rings is 1. The van der Waals surface area contributed by atoms with Crippen LogP contribution in [0.25, 0.3) is 0 Å². The Morgan fingerprint density at radius 2 is 2.11 bits per heavy atom. The van der Waals surface area contributed by atoms with Gasteiger partial charge in [-0.3, -0.25) is 4.79 Å². The summed E-state index contributed by atoms with van der Waals surface area (Å²) < 4.78 is 0. The molecule has 0 aromatic heterocycles. The maximum absolute atomic E-state index is 10.5. The third-order valence-electron chi connectivity index (χ3n) is 2.69. The fourth-order valence-electron chi connectivity index (χ4n) is 1.68. The molecule has 0 aliphatic rings. The minimum Gasteiger partial charge on any atom is -0.409 e. The Labute approximate surface area is 112 Å². The van der Waals surface area contributed by atoms with Crippen LogP contribution in [0, 0.1) is 0 Å². The van der Waals surface area contributed by atoms with Gasteiger partial charge in [0.25, 0.3) is 0 Å². The molecule has 1 aromatic rings. The zero-order chi connectivity index (χ0) is 14.1. The Kier molecular flexibility index (Phi) is 6.38. The fraction of sp³-hybridized carbons (Fsp3) is 0.385. The Morgan fingerprint density at radius 3 is 2.79 bits per heavy atom. The Balaban J connectivity index is 2.31. The van der Waals surface area contributed by atoms with Gasteiger partial charge in [0.2, 0.25) is 5.91 Å². The van der Waals surface area contributed by atoms with Crippen LogP contribution in [-0.2, 0) is 11.3 Å². The maximum Gasteiger partial charge on any atom is 0.217 e. The molecule has 0 aliphatic carbocycles. The second-order valence-electron chi connectivity index (χ2n) is 4.29. The van der Waals surface area contributed by atoms with E-state index in [0.29, 0.717) is 18.5 Å². The minimum atomic E-state index is -0.258. The number of hydrogen-bond donors (Lipinski definition) is 4. The zero-order valence-corrected chi connectivity index (χ0v) is 10.8. The van der Waals surface area contributed by atoms with Gasteiger partial charge in [-0.15, -0.1) is 0 Å². The average molecular weight is 264 g/mol. The van der Waals surface area contributed by atoms with Gasteiger partial charge in [0.05, 0.1) is 0 Å². The minimum absolute atomic E-state index is 0.100. The predicted molar refractivity (Wildman–Crippen MR) is 73.7 cm³/mol. The largest absolute Gasteiger partial charge is 0.409 e. The molecule has 0 heterocycles. The number of nitrogens with zero attached hydrogens (tertiary/aromatic N) is 1. The number of rotatable bonds is 8. The first-order valence-electron chi connectivity index (χ1n) is 6.19. The molecule has 0 atom stereocenters. The number of carbonyl (C=O) groups is 1. The van der Waals surface area contributed by atoms with E-state index in [4.69, 9.17) is 16.7 Å². The molecule has 0 saturated heterocycles. The van der Waals surface area contributed by atoms with Crippen molar-refractivity contribution >= 4 is 11.7 Å². The van der Waals surface area contributed by atoms with E-state index >= 15 is 0 Å². The normalized spacial score (nSPS) is 11.5. The number of carbonyl (C=O) groups excluding carboxylic acids is 1. The third-order valence-corrected chi connectivity index (χ3v) is 2.69. The van der Waals surface area contributed by atoms with E-state index in [1.165, 1.54) is 0 Å². The van der Waals surface area contributed by atoms with Gasteiger partial charge in [-0.25, -0.2) is 0 Å². The summed E-state index contributed by atoms with van der Waals surface area (Å²) in [6.45, 7) is 1.52. The summed E-state index contributed by atoms with van der Waals surface area (Å²) in [5.74, 6) is -0.158. The van der Waals surface area contributed by atoms with E-state index in [9.17, 15) is 4.79 Å². The number of amidine groups is 1. The molecule has 0 unspecified atom stereocenters. The van der Waals surface area contributed by atoms with Crippen LogP contribution in [0.5, 0.6) is 0 Å². The summed E-state index contributed by atoms with van der Waals surface area (Å²) in [6.07, 6.45) is 2.13. The molecule has 0 fully saturated rings. The molecule has 6 nitrogen and oxygen atoms in total. The van der Waals surface area contributed by atoms with E-state index in [1.807, 2.05) is 18.2 Å². The van der Waals surface area contributed by atoms with E-state index in [0.717, 1.165) is 24.9 Å². The molecule has 0 saturated carbocycles. The Hall–Kier alpha value is -2.08. The molecule has 0 aliphatic heterocycles. The maximum atomic E-state index is 10.5. The summed E-state index contributed by atoms with van der Waals surface area (Å²) in [7, 11) is 0. The molecule has 6 heteroatoms. The SMILES string of the molecule is NC(=O)CCCCNCc1cccc(/C(N)=N/O)c1. The van der Waals surface area contributed by atoms with Crippen molar-refractivity contribution in [2.45, 2.75) is 25.8 Å². The molecular formula is C13H20N4O2. The number of nitrogens with one attached hydrogen (secondary N) is 1. The van der Waals surface area contributed by atoms with Crippen LogP contribution in [0.1, 0.15) is 30.4 Å². The van der Waals surface area contributed by atoms with Gasteiger partial charge in [-0.05, 0) is 31.0 Å². The van der Waals surface area contributed by atoms with Gasteiger partial charge in [-0.2, -0.15) is 0 Å². The van der Waals surface area contributed by atoms with E-state index < -0.39 is 0 Å². The van der Waals surface area contributed by atoms with Gasteiger partial charge < -0.3 is 22.0 Å². The molecule has 1 aromatic carbocycles. The lowest BCUT2D eigenvalue weighted by molar-refractivity contribution is -0.118. The lowest BCUT2D eigenvalue weighted by Gasteiger charge is -2.06. The number of amides is 1. The fourth-order valence-corrected chi connectivity index (χ4v) is 1.68. The quantitative estimate of drug-likeness (QED) is 0.180.